The van der Waals surface area contributed by atoms with Gasteiger partial charge in [-0.25, -0.2) is 0 Å². The molecule has 4 nitrogen and oxygen atoms in total. The van der Waals surface area contributed by atoms with Crippen LogP contribution in [0, 0.1) is 0 Å². The molecular formula is C55H39BN2O2. The maximum Gasteiger partial charge on any atom is 0.333 e. The monoisotopic (exact) mass is 770 g/mol. The van der Waals surface area contributed by atoms with Crippen LogP contribution in [0.25, 0.3) is 93.6 Å². The molecule has 0 radical (unpaired) electrons. The van der Waals surface area contributed by atoms with E-state index in [1.54, 1.807) is 0 Å². The molecule has 0 saturated heterocycles. The SMILES string of the molecule is CC(C)(C)c1ccc(N2B3c4cc5c(cc4-n4c6ccc7oc8ccccc8c7c6c6ccc(c3c64)-c3cc4c(cc32)oc2ccccc24)-c2ccccc2C5(C)C)cc1. The largest absolute Gasteiger partial charge is 0.456 e. The van der Waals surface area contributed by atoms with Gasteiger partial charge in [0.05, 0.1) is 11.0 Å². The van der Waals surface area contributed by atoms with Crippen LogP contribution in [0.1, 0.15) is 51.3 Å². The first-order valence-electron chi connectivity index (χ1n) is 21.2. The fraction of sp³-hybridized carbons (Fsp3) is 0.127. The molecule has 284 valence electrons. The van der Waals surface area contributed by atoms with Gasteiger partial charge in [0.1, 0.15) is 22.3 Å². The van der Waals surface area contributed by atoms with E-state index in [1.807, 2.05) is 0 Å². The fourth-order valence-electron chi connectivity index (χ4n) is 11.5. The van der Waals surface area contributed by atoms with E-state index in [1.165, 1.54) is 82.7 Å². The van der Waals surface area contributed by atoms with Crippen LogP contribution in [0.2, 0.25) is 0 Å². The van der Waals surface area contributed by atoms with Gasteiger partial charge in [-0.1, -0.05) is 126 Å². The molecule has 0 N–H and O–H groups in total. The van der Waals surface area contributed by atoms with Gasteiger partial charge in [0.2, 0.25) is 0 Å². The highest BCUT2D eigenvalue weighted by atomic mass is 16.3. The molecule has 0 saturated carbocycles. The van der Waals surface area contributed by atoms with Gasteiger partial charge < -0.3 is 18.2 Å². The van der Waals surface area contributed by atoms with E-state index in [2.05, 4.69) is 190 Å². The van der Waals surface area contributed by atoms with Gasteiger partial charge in [0, 0.05) is 66.4 Å². The van der Waals surface area contributed by atoms with Gasteiger partial charge in [0.15, 0.2) is 0 Å². The number of rotatable bonds is 1. The van der Waals surface area contributed by atoms with Gasteiger partial charge in [-0.2, -0.15) is 0 Å². The van der Waals surface area contributed by atoms with Crippen molar-refractivity contribution in [3.8, 4) is 27.9 Å². The summed E-state index contributed by atoms with van der Waals surface area (Å²) in [5.41, 5.74) is 21.4. The van der Waals surface area contributed by atoms with Crippen LogP contribution in [-0.4, -0.2) is 11.4 Å². The first kappa shape index (κ1) is 32.9. The molecule has 0 unspecified atom stereocenters. The van der Waals surface area contributed by atoms with Crippen molar-refractivity contribution in [2.45, 2.75) is 45.4 Å². The number of hydrogen-bond donors (Lipinski definition) is 0. The van der Waals surface area contributed by atoms with E-state index >= 15 is 0 Å². The van der Waals surface area contributed by atoms with Crippen molar-refractivity contribution >= 4 is 94.8 Å². The number of nitrogens with zero attached hydrogens (tertiary/aromatic N) is 2. The minimum absolute atomic E-state index is 0.0274. The third-order valence-electron chi connectivity index (χ3n) is 14.3. The molecule has 60 heavy (non-hydrogen) atoms. The molecular weight excluding hydrogens is 731 g/mol. The Morgan fingerprint density at radius 3 is 2.07 bits per heavy atom. The molecule has 3 aliphatic rings. The quantitative estimate of drug-likeness (QED) is 0.156. The molecule has 0 bridgehead atoms. The highest BCUT2D eigenvalue weighted by molar-refractivity contribution is 6.93. The lowest BCUT2D eigenvalue weighted by Crippen LogP contribution is -2.60. The predicted octanol–water partition coefficient (Wildman–Crippen LogP) is 13.4. The topological polar surface area (TPSA) is 34.5 Å². The normalized spacial score (nSPS) is 14.8. The number of anilines is 2. The second-order valence-electron chi connectivity index (χ2n) is 18.8. The molecule has 5 heteroatoms. The van der Waals surface area contributed by atoms with Crippen LogP contribution >= 0.6 is 0 Å². The predicted molar refractivity (Wildman–Crippen MR) is 251 cm³/mol. The van der Waals surface area contributed by atoms with E-state index in [0.29, 0.717) is 0 Å². The van der Waals surface area contributed by atoms with Crippen LogP contribution in [-0.2, 0) is 10.8 Å². The lowest BCUT2D eigenvalue weighted by molar-refractivity contribution is 0.590. The van der Waals surface area contributed by atoms with E-state index < -0.39 is 0 Å². The standard InChI is InChI=1S/C55H39BN2O2/c1-54(2,3)30-18-20-31(21-19-30)58-44-29-49-39(33-13-7-10-16-46(33)60-49)26-38(44)34-22-23-36-50-43(24-25-48-51(50)35-14-8-11-17-47(35)59-48)57-45-27-37-32-12-6-9-15-40(32)55(4,5)41(37)28-42(45)56(58)52(34)53(36)57/h6-29H,1-5H3. The third kappa shape index (κ3) is 3.94. The average molecular weight is 771 g/mol. The summed E-state index contributed by atoms with van der Waals surface area (Å²) in [5, 5.41) is 7.09. The molecule has 1 aliphatic carbocycles. The zero-order valence-corrected chi connectivity index (χ0v) is 34.1. The lowest BCUT2D eigenvalue weighted by atomic mass is 9.43. The zero-order valence-electron chi connectivity index (χ0n) is 34.1. The summed E-state index contributed by atoms with van der Waals surface area (Å²) in [7, 11) is 0. The Hall–Kier alpha value is -6.98. The van der Waals surface area contributed by atoms with E-state index in [9.17, 15) is 0 Å². The molecule has 0 amide bonds. The van der Waals surface area contributed by atoms with Crippen molar-refractivity contribution in [2.75, 3.05) is 4.81 Å². The Kier molecular flexibility index (Phi) is 5.92. The summed E-state index contributed by atoms with van der Waals surface area (Å²) in [6, 6.07) is 54.4. The van der Waals surface area contributed by atoms with Crippen molar-refractivity contribution in [1.82, 2.24) is 4.57 Å². The summed E-state index contributed by atoms with van der Waals surface area (Å²) in [4.78, 5) is 2.63. The van der Waals surface area contributed by atoms with Gasteiger partial charge in [-0.3, -0.25) is 0 Å². The fourth-order valence-corrected chi connectivity index (χ4v) is 11.5. The number of fused-ring (bicyclic) bond motifs is 18. The Labute approximate surface area is 347 Å². The van der Waals surface area contributed by atoms with Gasteiger partial charge >= 0.3 is 6.85 Å². The van der Waals surface area contributed by atoms with E-state index in [0.717, 1.165) is 49.9 Å². The first-order valence-corrected chi connectivity index (χ1v) is 21.2. The maximum absolute atomic E-state index is 6.67. The molecule has 8 aromatic carbocycles. The highest BCUT2D eigenvalue weighted by Gasteiger charge is 2.46. The summed E-state index contributed by atoms with van der Waals surface area (Å²) < 4.78 is 15.8. The average Bonchev–Trinajstić information content (AvgIpc) is 3.98. The van der Waals surface area contributed by atoms with Crippen LogP contribution in [0.15, 0.2) is 154 Å². The summed E-state index contributed by atoms with van der Waals surface area (Å²) in [6.45, 7) is 11.6. The third-order valence-corrected chi connectivity index (χ3v) is 14.3. The van der Waals surface area contributed by atoms with Crippen molar-refractivity contribution in [1.29, 1.82) is 0 Å². The van der Waals surface area contributed by atoms with E-state index in [4.69, 9.17) is 8.83 Å². The first-order chi connectivity index (χ1) is 29.1. The Morgan fingerprint density at radius 2 is 1.25 bits per heavy atom. The highest BCUT2D eigenvalue weighted by Crippen LogP contribution is 2.53. The molecule has 11 aromatic rings. The second kappa shape index (κ2) is 10.8. The summed E-state index contributed by atoms with van der Waals surface area (Å²) in [5.74, 6) is 0. The Morgan fingerprint density at radius 1 is 0.517 bits per heavy atom. The number of para-hydroxylation sites is 2. The van der Waals surface area contributed by atoms with Crippen molar-refractivity contribution in [2.24, 2.45) is 0 Å². The number of benzene rings is 8. The molecule has 5 heterocycles. The molecule has 2 aliphatic heterocycles. The smallest absolute Gasteiger partial charge is 0.333 e. The number of furan rings is 2. The number of aromatic nitrogens is 1. The maximum atomic E-state index is 6.67. The minimum Gasteiger partial charge on any atom is -0.456 e. The Balaban J connectivity index is 1.18. The van der Waals surface area contributed by atoms with Crippen LogP contribution in [0.3, 0.4) is 0 Å². The van der Waals surface area contributed by atoms with Crippen LogP contribution in [0.4, 0.5) is 11.4 Å². The molecule has 0 spiro atoms. The van der Waals surface area contributed by atoms with Crippen LogP contribution in [0.5, 0.6) is 0 Å². The van der Waals surface area contributed by atoms with E-state index in [-0.39, 0.29) is 17.7 Å². The molecule has 0 fully saturated rings. The van der Waals surface area contributed by atoms with Gasteiger partial charge in [-0.05, 0) is 98.3 Å². The molecule has 14 rings (SSSR count). The van der Waals surface area contributed by atoms with Crippen molar-refractivity contribution in [3.63, 3.8) is 0 Å². The second-order valence-corrected chi connectivity index (χ2v) is 18.8. The number of hydrogen-bond acceptors (Lipinski definition) is 3. The lowest BCUT2D eigenvalue weighted by Gasteiger charge is -2.42. The molecule has 0 atom stereocenters. The minimum atomic E-state index is -0.164. The zero-order chi connectivity index (χ0) is 40.0. The van der Waals surface area contributed by atoms with Crippen LogP contribution < -0.4 is 15.7 Å². The van der Waals surface area contributed by atoms with Gasteiger partial charge in [0.25, 0.3) is 0 Å². The Bertz CT molecular complexity index is 3740. The van der Waals surface area contributed by atoms with Crippen molar-refractivity contribution in [3.05, 3.63) is 162 Å². The summed E-state index contributed by atoms with van der Waals surface area (Å²) in [6.07, 6.45) is 0. The van der Waals surface area contributed by atoms with Crippen molar-refractivity contribution < 1.29 is 8.83 Å². The summed E-state index contributed by atoms with van der Waals surface area (Å²) >= 11 is 0. The molecule has 3 aromatic heterocycles. The van der Waals surface area contributed by atoms with Gasteiger partial charge in [-0.15, -0.1) is 0 Å².